The number of nitrogens with zero attached hydrogens (tertiary/aromatic N) is 2. The highest BCUT2D eigenvalue weighted by Crippen LogP contribution is 2.25. The topological polar surface area (TPSA) is 62.5 Å². The predicted octanol–water partition coefficient (Wildman–Crippen LogP) is 1.95. The molecule has 1 amide bonds. The molecule has 1 aromatic rings. The van der Waals surface area contributed by atoms with Gasteiger partial charge in [-0.25, -0.2) is 0 Å². The molecule has 2 unspecified atom stereocenters. The number of halogens is 1. The summed E-state index contributed by atoms with van der Waals surface area (Å²) in [6.07, 6.45) is 1.71. The van der Waals surface area contributed by atoms with Gasteiger partial charge in [-0.1, -0.05) is 18.5 Å². The Morgan fingerprint density at radius 2 is 2.16 bits per heavy atom. The minimum absolute atomic E-state index is 0.0260. The van der Waals surface area contributed by atoms with Gasteiger partial charge in [0.2, 0.25) is 0 Å². The van der Waals surface area contributed by atoms with E-state index >= 15 is 0 Å². The number of aryl methyl sites for hydroxylation is 1. The van der Waals surface area contributed by atoms with Crippen molar-refractivity contribution in [3.8, 4) is 0 Å². The van der Waals surface area contributed by atoms with Gasteiger partial charge in [-0.05, 0) is 18.9 Å². The molecule has 1 aliphatic rings. The molecule has 2 heterocycles. The molecule has 2 rings (SSSR count). The summed E-state index contributed by atoms with van der Waals surface area (Å²) < 4.78 is 1.78. The zero-order valence-corrected chi connectivity index (χ0v) is 11.7. The van der Waals surface area contributed by atoms with Gasteiger partial charge in [-0.15, -0.1) is 0 Å². The molecule has 1 N–H and O–H groups in total. The van der Waals surface area contributed by atoms with Crippen molar-refractivity contribution in [1.82, 2.24) is 9.47 Å². The van der Waals surface area contributed by atoms with E-state index in [1.807, 2.05) is 13.8 Å². The van der Waals surface area contributed by atoms with E-state index < -0.39 is 11.9 Å². The minimum atomic E-state index is -0.841. The summed E-state index contributed by atoms with van der Waals surface area (Å²) in [4.78, 5) is 25.1. The van der Waals surface area contributed by atoms with Crippen LogP contribution in [0.3, 0.4) is 0 Å². The Hall–Kier alpha value is -1.49. The summed E-state index contributed by atoms with van der Waals surface area (Å²) in [7, 11) is 0. The third-order valence-electron chi connectivity index (χ3n) is 3.64. The van der Waals surface area contributed by atoms with E-state index in [0.717, 1.165) is 0 Å². The molecule has 6 heteroatoms. The van der Waals surface area contributed by atoms with E-state index in [1.54, 1.807) is 21.7 Å². The highest BCUT2D eigenvalue weighted by Gasteiger charge is 2.37. The van der Waals surface area contributed by atoms with Gasteiger partial charge in [0.05, 0.1) is 10.9 Å². The quantitative estimate of drug-likeness (QED) is 0.923. The van der Waals surface area contributed by atoms with Crippen molar-refractivity contribution in [2.24, 2.45) is 11.8 Å². The van der Waals surface area contributed by atoms with Gasteiger partial charge in [0, 0.05) is 25.8 Å². The molecule has 0 spiro atoms. The number of hydrogen-bond acceptors (Lipinski definition) is 2. The Balaban J connectivity index is 2.19. The number of aromatic nitrogens is 1. The first kappa shape index (κ1) is 13.9. The van der Waals surface area contributed by atoms with E-state index in [1.165, 1.54) is 0 Å². The highest BCUT2D eigenvalue weighted by atomic mass is 35.5. The fourth-order valence-electron chi connectivity index (χ4n) is 2.53. The molecule has 0 aliphatic carbocycles. The molecule has 1 fully saturated rings. The standard InChI is InChI=1S/C13H17ClN2O3/c1-3-15-6-9(14)4-11(15)12(17)16-5-8(2)10(7-16)13(18)19/h4,6,8,10H,3,5,7H2,1-2H3,(H,18,19). The van der Waals surface area contributed by atoms with Crippen LogP contribution in [0.4, 0.5) is 0 Å². The van der Waals surface area contributed by atoms with E-state index in [4.69, 9.17) is 16.7 Å². The lowest BCUT2D eigenvalue weighted by atomic mass is 9.99. The monoisotopic (exact) mass is 284 g/mol. The molecule has 0 saturated carbocycles. The molecule has 0 bridgehead atoms. The number of amides is 1. The minimum Gasteiger partial charge on any atom is -0.481 e. The average Bonchev–Trinajstić information content (AvgIpc) is 2.91. The number of carbonyl (C=O) groups is 2. The number of carbonyl (C=O) groups excluding carboxylic acids is 1. The average molecular weight is 285 g/mol. The van der Waals surface area contributed by atoms with Crippen LogP contribution in [0.1, 0.15) is 24.3 Å². The molecule has 1 aliphatic heterocycles. The van der Waals surface area contributed by atoms with Gasteiger partial charge in [-0.3, -0.25) is 9.59 Å². The first-order chi connectivity index (χ1) is 8.93. The number of carboxylic acid groups (broad SMARTS) is 1. The lowest BCUT2D eigenvalue weighted by Gasteiger charge is -2.16. The van der Waals surface area contributed by atoms with Crippen LogP contribution in [-0.2, 0) is 11.3 Å². The van der Waals surface area contributed by atoms with Crippen LogP contribution < -0.4 is 0 Å². The number of hydrogen-bond donors (Lipinski definition) is 1. The second-order valence-electron chi connectivity index (χ2n) is 4.96. The second-order valence-corrected chi connectivity index (χ2v) is 5.40. The van der Waals surface area contributed by atoms with E-state index in [9.17, 15) is 9.59 Å². The smallest absolute Gasteiger partial charge is 0.308 e. The Morgan fingerprint density at radius 1 is 1.47 bits per heavy atom. The van der Waals surface area contributed by atoms with Crippen molar-refractivity contribution >= 4 is 23.5 Å². The fourth-order valence-corrected chi connectivity index (χ4v) is 2.75. The maximum Gasteiger partial charge on any atom is 0.308 e. The van der Waals surface area contributed by atoms with Gasteiger partial charge in [0.1, 0.15) is 5.69 Å². The summed E-state index contributed by atoms with van der Waals surface area (Å²) in [5.41, 5.74) is 0.519. The zero-order valence-electron chi connectivity index (χ0n) is 11.0. The van der Waals surface area contributed by atoms with Crippen molar-refractivity contribution in [3.05, 3.63) is 23.0 Å². The van der Waals surface area contributed by atoms with Gasteiger partial charge < -0.3 is 14.6 Å². The van der Waals surface area contributed by atoms with Crippen molar-refractivity contribution in [2.45, 2.75) is 20.4 Å². The maximum absolute atomic E-state index is 12.4. The van der Waals surface area contributed by atoms with E-state index in [0.29, 0.717) is 23.8 Å². The van der Waals surface area contributed by atoms with Crippen molar-refractivity contribution in [3.63, 3.8) is 0 Å². The van der Waals surface area contributed by atoms with Gasteiger partial charge in [-0.2, -0.15) is 0 Å². The largest absolute Gasteiger partial charge is 0.481 e. The van der Waals surface area contributed by atoms with Crippen molar-refractivity contribution in [2.75, 3.05) is 13.1 Å². The predicted molar refractivity (Wildman–Crippen MR) is 71.3 cm³/mol. The van der Waals surface area contributed by atoms with Crippen LogP contribution in [0.5, 0.6) is 0 Å². The van der Waals surface area contributed by atoms with Gasteiger partial charge in [0.25, 0.3) is 5.91 Å². The van der Waals surface area contributed by atoms with Crippen LogP contribution in [0.2, 0.25) is 5.02 Å². The summed E-state index contributed by atoms with van der Waals surface area (Å²) >= 11 is 5.92. The van der Waals surface area contributed by atoms with E-state index in [2.05, 4.69) is 0 Å². The Morgan fingerprint density at radius 3 is 2.68 bits per heavy atom. The van der Waals surface area contributed by atoms with Gasteiger partial charge >= 0.3 is 5.97 Å². The van der Waals surface area contributed by atoms with Crippen molar-refractivity contribution in [1.29, 1.82) is 0 Å². The lowest BCUT2D eigenvalue weighted by Crippen LogP contribution is -2.31. The summed E-state index contributed by atoms with van der Waals surface area (Å²) in [6.45, 7) is 5.18. The van der Waals surface area contributed by atoms with E-state index in [-0.39, 0.29) is 18.4 Å². The van der Waals surface area contributed by atoms with Crippen LogP contribution in [-0.4, -0.2) is 39.5 Å². The fraction of sp³-hybridized carbons (Fsp3) is 0.538. The Bertz CT molecular complexity index is 512. The Labute approximate surface area is 116 Å². The molecule has 5 nitrogen and oxygen atoms in total. The molecular formula is C13H17ClN2O3. The van der Waals surface area contributed by atoms with Crippen LogP contribution in [0, 0.1) is 11.8 Å². The molecule has 1 saturated heterocycles. The SMILES string of the molecule is CCn1cc(Cl)cc1C(=O)N1CC(C)C(C(=O)O)C1. The highest BCUT2D eigenvalue weighted by molar-refractivity contribution is 6.31. The third kappa shape index (κ3) is 2.61. The number of rotatable bonds is 3. The summed E-state index contributed by atoms with van der Waals surface area (Å²) in [6, 6.07) is 1.63. The van der Waals surface area contributed by atoms with Crippen LogP contribution >= 0.6 is 11.6 Å². The van der Waals surface area contributed by atoms with Crippen molar-refractivity contribution < 1.29 is 14.7 Å². The molecular weight excluding hydrogens is 268 g/mol. The molecule has 0 radical (unpaired) electrons. The zero-order chi connectivity index (χ0) is 14.2. The lowest BCUT2D eigenvalue weighted by molar-refractivity contribution is -0.142. The maximum atomic E-state index is 12.4. The van der Waals surface area contributed by atoms with Crippen LogP contribution in [0.25, 0.3) is 0 Å². The number of carboxylic acids is 1. The molecule has 104 valence electrons. The molecule has 19 heavy (non-hydrogen) atoms. The van der Waals surface area contributed by atoms with Gasteiger partial charge in [0.15, 0.2) is 0 Å². The Kier molecular flexibility index (Phi) is 3.85. The number of likely N-dealkylation sites (tertiary alicyclic amines) is 1. The second kappa shape index (κ2) is 5.25. The number of aliphatic carboxylic acids is 1. The first-order valence-corrected chi connectivity index (χ1v) is 6.69. The molecule has 2 atom stereocenters. The summed E-state index contributed by atoms with van der Waals surface area (Å²) in [5, 5.41) is 9.61. The van der Waals surface area contributed by atoms with Crippen LogP contribution in [0.15, 0.2) is 12.3 Å². The normalized spacial score (nSPS) is 22.8. The summed E-state index contributed by atoms with van der Waals surface area (Å²) in [5.74, 6) is -1.50. The molecule has 1 aromatic heterocycles. The molecule has 0 aromatic carbocycles. The first-order valence-electron chi connectivity index (χ1n) is 6.31. The third-order valence-corrected chi connectivity index (χ3v) is 3.85.